The summed E-state index contributed by atoms with van der Waals surface area (Å²) in [5, 5.41) is 0. The molecule has 1 aromatic rings. The SMILES string of the molecule is CCCCCCCC[C@@H]1CC[C@@H]2[C@@H]3CC=C4C[C@@H](OC(=O)[C@H](CC)Oc5ccccc5)CC[C@]4(C)[C@@H]3CC[C@]12C. The minimum absolute atomic E-state index is 0.0150. The highest BCUT2D eigenvalue weighted by Crippen LogP contribution is 2.66. The van der Waals surface area contributed by atoms with E-state index in [1.165, 1.54) is 77.0 Å². The lowest BCUT2D eigenvalue weighted by Gasteiger charge is -2.58. The second kappa shape index (κ2) is 13.0. The van der Waals surface area contributed by atoms with E-state index in [9.17, 15) is 4.79 Å². The van der Waals surface area contributed by atoms with Crippen molar-refractivity contribution in [2.24, 2.45) is 34.5 Å². The van der Waals surface area contributed by atoms with Crippen LogP contribution in [0.2, 0.25) is 0 Å². The van der Waals surface area contributed by atoms with E-state index in [4.69, 9.17) is 9.47 Å². The second-order valence-corrected chi connectivity index (χ2v) is 14.3. The van der Waals surface area contributed by atoms with E-state index in [1.54, 1.807) is 5.57 Å². The number of hydrogen-bond donors (Lipinski definition) is 0. The molecule has 0 radical (unpaired) electrons. The van der Waals surface area contributed by atoms with Crippen molar-refractivity contribution in [3.8, 4) is 5.75 Å². The van der Waals surface area contributed by atoms with Gasteiger partial charge in [0.25, 0.3) is 0 Å². The maximum Gasteiger partial charge on any atom is 0.347 e. The quantitative estimate of drug-likeness (QED) is 0.148. The van der Waals surface area contributed by atoms with Crippen molar-refractivity contribution in [3.05, 3.63) is 42.0 Å². The number of carbonyl (C=O) groups excluding carboxylic acids is 1. The van der Waals surface area contributed by atoms with Crippen LogP contribution in [0.5, 0.6) is 5.75 Å². The first kappa shape index (κ1) is 29.7. The van der Waals surface area contributed by atoms with Crippen LogP contribution in [0.4, 0.5) is 0 Å². The summed E-state index contributed by atoms with van der Waals surface area (Å²) in [4.78, 5) is 13.1. The van der Waals surface area contributed by atoms with Crippen LogP contribution in [0.25, 0.3) is 0 Å². The first-order chi connectivity index (χ1) is 19.4. The van der Waals surface area contributed by atoms with Crippen molar-refractivity contribution in [2.75, 3.05) is 0 Å². The van der Waals surface area contributed by atoms with Gasteiger partial charge < -0.3 is 9.47 Å². The van der Waals surface area contributed by atoms with Crippen LogP contribution >= 0.6 is 0 Å². The number of fused-ring (bicyclic) bond motifs is 5. The van der Waals surface area contributed by atoms with E-state index in [-0.39, 0.29) is 17.5 Å². The van der Waals surface area contributed by atoms with Crippen LogP contribution in [0, 0.1) is 34.5 Å². The van der Waals surface area contributed by atoms with Crippen molar-refractivity contribution < 1.29 is 14.3 Å². The Balaban J connectivity index is 1.17. The Hall–Kier alpha value is -1.77. The highest BCUT2D eigenvalue weighted by atomic mass is 16.6. The Morgan fingerprint density at radius 3 is 2.48 bits per heavy atom. The number of carbonyl (C=O) groups is 1. The molecule has 4 aliphatic carbocycles. The summed E-state index contributed by atoms with van der Waals surface area (Å²) in [6.45, 7) is 9.55. The van der Waals surface area contributed by atoms with E-state index in [0.717, 1.165) is 48.7 Å². The monoisotopic (exact) mass is 548 g/mol. The number of esters is 1. The number of benzene rings is 1. The van der Waals surface area contributed by atoms with E-state index in [1.807, 2.05) is 37.3 Å². The minimum Gasteiger partial charge on any atom is -0.479 e. The maximum atomic E-state index is 13.1. The highest BCUT2D eigenvalue weighted by Gasteiger charge is 2.58. The molecule has 3 heteroatoms. The molecule has 0 unspecified atom stereocenters. The zero-order valence-electron chi connectivity index (χ0n) is 26.0. The van der Waals surface area contributed by atoms with Gasteiger partial charge in [0.05, 0.1) is 0 Å². The van der Waals surface area contributed by atoms with Gasteiger partial charge >= 0.3 is 5.97 Å². The minimum atomic E-state index is -0.539. The molecule has 1 aromatic carbocycles. The Kier molecular flexibility index (Phi) is 9.68. The molecule has 0 saturated heterocycles. The van der Waals surface area contributed by atoms with Crippen molar-refractivity contribution >= 4 is 5.97 Å². The molecule has 3 fully saturated rings. The van der Waals surface area contributed by atoms with Crippen molar-refractivity contribution in [2.45, 2.75) is 143 Å². The number of ether oxygens (including phenoxy) is 2. The largest absolute Gasteiger partial charge is 0.479 e. The van der Waals surface area contributed by atoms with Gasteiger partial charge in [0.15, 0.2) is 6.10 Å². The third kappa shape index (κ3) is 6.05. The van der Waals surface area contributed by atoms with Crippen molar-refractivity contribution in [1.82, 2.24) is 0 Å². The van der Waals surface area contributed by atoms with Crippen molar-refractivity contribution in [3.63, 3.8) is 0 Å². The molecule has 3 saturated carbocycles. The molecule has 3 nitrogen and oxygen atoms in total. The van der Waals surface area contributed by atoms with Gasteiger partial charge in [-0.15, -0.1) is 0 Å². The highest BCUT2D eigenvalue weighted by molar-refractivity contribution is 5.75. The summed E-state index contributed by atoms with van der Waals surface area (Å²) < 4.78 is 12.1. The molecule has 0 spiro atoms. The Morgan fingerprint density at radius 2 is 1.70 bits per heavy atom. The van der Waals surface area contributed by atoms with Crippen LogP contribution in [-0.2, 0) is 9.53 Å². The summed E-state index contributed by atoms with van der Waals surface area (Å²) in [5.41, 5.74) is 2.43. The first-order valence-corrected chi connectivity index (χ1v) is 17.0. The van der Waals surface area contributed by atoms with Gasteiger partial charge in [-0.1, -0.05) is 96.1 Å². The predicted octanol–water partition coefficient (Wildman–Crippen LogP) is 10.1. The standard InChI is InChI=1S/C37H56O3/c1-5-7-8-9-10-12-15-27-19-21-32-31-20-18-28-26-30(22-24-37(28,4)33(31)23-25-36(27,32)3)40-35(38)34(6-2)39-29-16-13-11-14-17-29/h11,13-14,16-18,27,30-34H,5-10,12,15,19-26H2,1-4H3/t27-,30+,31+,32-,33-,34+,36-,37+/m1/s1. The van der Waals surface area contributed by atoms with Crippen molar-refractivity contribution in [1.29, 1.82) is 0 Å². The average Bonchev–Trinajstić information content (AvgIpc) is 3.30. The summed E-state index contributed by atoms with van der Waals surface area (Å²) in [6, 6.07) is 9.64. The predicted molar refractivity (Wildman–Crippen MR) is 164 cm³/mol. The topological polar surface area (TPSA) is 35.5 Å². The molecule has 0 bridgehead atoms. The lowest BCUT2D eigenvalue weighted by atomic mass is 9.47. The molecule has 4 aliphatic rings. The number of unbranched alkanes of at least 4 members (excludes halogenated alkanes) is 5. The van der Waals surface area contributed by atoms with Gasteiger partial charge in [-0.2, -0.15) is 0 Å². The number of rotatable bonds is 12. The molecule has 0 amide bonds. The van der Waals surface area contributed by atoms with Crippen LogP contribution in [0.1, 0.15) is 130 Å². The molecule has 40 heavy (non-hydrogen) atoms. The summed E-state index contributed by atoms with van der Waals surface area (Å²) >= 11 is 0. The number of para-hydroxylation sites is 1. The molecular weight excluding hydrogens is 492 g/mol. The fraction of sp³-hybridized carbons (Fsp3) is 0.757. The normalized spacial score (nSPS) is 35.6. The smallest absolute Gasteiger partial charge is 0.347 e. The van der Waals surface area contributed by atoms with E-state index in [0.29, 0.717) is 11.8 Å². The summed E-state index contributed by atoms with van der Waals surface area (Å²) in [6.07, 6.45) is 22.7. The lowest BCUT2D eigenvalue weighted by Crippen LogP contribution is -2.50. The molecule has 0 aromatic heterocycles. The molecule has 0 N–H and O–H groups in total. The maximum absolute atomic E-state index is 13.1. The molecule has 8 atom stereocenters. The number of allylic oxidation sites excluding steroid dienone is 1. The second-order valence-electron chi connectivity index (χ2n) is 14.3. The Labute approximate surface area is 244 Å². The number of hydrogen-bond acceptors (Lipinski definition) is 3. The average molecular weight is 549 g/mol. The lowest BCUT2D eigenvalue weighted by molar-refractivity contribution is -0.160. The van der Waals surface area contributed by atoms with Gasteiger partial charge in [-0.25, -0.2) is 4.79 Å². The first-order valence-electron chi connectivity index (χ1n) is 17.0. The van der Waals surface area contributed by atoms with Gasteiger partial charge in [0.2, 0.25) is 0 Å². The van der Waals surface area contributed by atoms with Crippen LogP contribution in [0.15, 0.2) is 42.0 Å². The third-order valence-electron chi connectivity index (χ3n) is 12.1. The van der Waals surface area contributed by atoms with Gasteiger partial charge in [-0.3, -0.25) is 0 Å². The zero-order valence-corrected chi connectivity index (χ0v) is 26.0. The Bertz CT molecular complexity index is 1000. The summed E-state index contributed by atoms with van der Waals surface area (Å²) in [5.74, 6) is 4.04. The summed E-state index contributed by atoms with van der Waals surface area (Å²) in [7, 11) is 0. The molecule has 0 heterocycles. The fourth-order valence-electron chi connectivity index (χ4n) is 9.68. The third-order valence-corrected chi connectivity index (χ3v) is 12.1. The van der Waals surface area contributed by atoms with Crippen LogP contribution < -0.4 is 4.74 Å². The van der Waals surface area contributed by atoms with Gasteiger partial charge in [0, 0.05) is 6.42 Å². The van der Waals surface area contributed by atoms with Gasteiger partial charge in [0.1, 0.15) is 11.9 Å². The molecule has 222 valence electrons. The molecule has 0 aliphatic heterocycles. The zero-order chi connectivity index (χ0) is 28.2. The molecule has 5 rings (SSSR count). The van der Waals surface area contributed by atoms with E-state index < -0.39 is 6.10 Å². The van der Waals surface area contributed by atoms with E-state index >= 15 is 0 Å². The Morgan fingerprint density at radius 1 is 0.925 bits per heavy atom. The van der Waals surface area contributed by atoms with Crippen LogP contribution in [-0.4, -0.2) is 18.2 Å². The van der Waals surface area contributed by atoms with Gasteiger partial charge in [-0.05, 0) is 104 Å². The van der Waals surface area contributed by atoms with Crippen LogP contribution in [0.3, 0.4) is 0 Å². The molecular formula is C37H56O3. The fourth-order valence-corrected chi connectivity index (χ4v) is 9.68. The van der Waals surface area contributed by atoms with E-state index in [2.05, 4.69) is 26.8 Å².